The van der Waals surface area contributed by atoms with Gasteiger partial charge in [-0.05, 0) is 30.5 Å². The minimum absolute atomic E-state index is 0.0995. The predicted molar refractivity (Wildman–Crippen MR) is 69.4 cm³/mol. The van der Waals surface area contributed by atoms with Gasteiger partial charge in [0.2, 0.25) is 0 Å². The highest BCUT2D eigenvalue weighted by molar-refractivity contribution is 5.31. The molecule has 0 radical (unpaired) electrons. The van der Waals surface area contributed by atoms with Gasteiger partial charge in [-0.25, -0.2) is 0 Å². The molecule has 0 bridgehead atoms. The fourth-order valence-electron chi connectivity index (χ4n) is 2.14. The molecule has 1 aromatic heterocycles. The van der Waals surface area contributed by atoms with Crippen molar-refractivity contribution in [3.05, 3.63) is 59.5 Å². The van der Waals surface area contributed by atoms with Crippen LogP contribution in [0.5, 0.6) is 0 Å². The molecule has 0 fully saturated rings. The van der Waals surface area contributed by atoms with Crippen LogP contribution in [0.4, 0.5) is 0 Å². The molecule has 18 heavy (non-hydrogen) atoms. The Bertz CT molecular complexity index is 467. The average molecular weight is 246 g/mol. The molecule has 0 spiro atoms. The molecule has 0 saturated carbocycles. The molecule has 2 rings (SSSR count). The molecule has 0 atom stereocenters. The average Bonchev–Trinajstić information content (AvgIpc) is 2.90. The van der Waals surface area contributed by atoms with E-state index in [4.69, 9.17) is 4.42 Å². The summed E-state index contributed by atoms with van der Waals surface area (Å²) in [5.41, 5.74) is 2.42. The van der Waals surface area contributed by atoms with Crippen molar-refractivity contribution in [1.82, 2.24) is 0 Å². The summed E-state index contributed by atoms with van der Waals surface area (Å²) in [6, 6.07) is 9.76. The summed E-state index contributed by atoms with van der Waals surface area (Å²) in [7, 11) is 0. The fourth-order valence-corrected chi connectivity index (χ4v) is 2.14. The number of benzene rings is 1. The second-order valence-electron chi connectivity index (χ2n) is 4.77. The van der Waals surface area contributed by atoms with Gasteiger partial charge in [-0.3, -0.25) is 0 Å². The number of furan rings is 1. The van der Waals surface area contributed by atoms with Crippen molar-refractivity contribution in [3.8, 4) is 0 Å². The summed E-state index contributed by atoms with van der Waals surface area (Å²) in [5.74, 6) is 0. The minimum atomic E-state index is -0.655. The Morgan fingerprint density at radius 1 is 1.06 bits per heavy atom. The van der Waals surface area contributed by atoms with E-state index in [1.54, 1.807) is 12.5 Å². The highest BCUT2D eigenvalue weighted by atomic mass is 16.3. The third-order valence-electron chi connectivity index (χ3n) is 3.39. The first kappa shape index (κ1) is 12.9. The summed E-state index contributed by atoms with van der Waals surface area (Å²) in [6.45, 7) is 1.81. The molecular formula is C15H18O3. The molecule has 1 aromatic carbocycles. The third kappa shape index (κ3) is 2.47. The lowest BCUT2D eigenvalue weighted by Gasteiger charge is -2.30. The van der Waals surface area contributed by atoms with E-state index in [1.807, 2.05) is 37.3 Å². The van der Waals surface area contributed by atoms with Crippen LogP contribution in [-0.2, 0) is 11.8 Å². The number of aliphatic hydroxyl groups excluding tert-OH is 2. The van der Waals surface area contributed by atoms with Crippen molar-refractivity contribution in [2.75, 3.05) is 13.2 Å². The van der Waals surface area contributed by atoms with Crippen molar-refractivity contribution < 1.29 is 14.6 Å². The quantitative estimate of drug-likeness (QED) is 0.849. The van der Waals surface area contributed by atoms with Gasteiger partial charge in [0.05, 0.1) is 25.7 Å². The maximum atomic E-state index is 9.71. The lowest BCUT2D eigenvalue weighted by molar-refractivity contribution is 0.116. The van der Waals surface area contributed by atoms with Gasteiger partial charge in [-0.15, -0.1) is 0 Å². The van der Waals surface area contributed by atoms with Crippen molar-refractivity contribution in [2.24, 2.45) is 0 Å². The normalized spacial score (nSPS) is 11.7. The van der Waals surface area contributed by atoms with Crippen molar-refractivity contribution in [3.63, 3.8) is 0 Å². The molecular weight excluding hydrogens is 228 g/mol. The Labute approximate surface area is 107 Å². The van der Waals surface area contributed by atoms with Gasteiger partial charge in [0.25, 0.3) is 0 Å². The van der Waals surface area contributed by atoms with Crippen LogP contribution in [0.15, 0.2) is 47.3 Å². The predicted octanol–water partition coefficient (Wildman–Crippen LogP) is 2.05. The standard InChI is InChI=1S/C15H18O3/c1-12-2-4-14(5-3-12)15(10-16,11-17)8-13-6-7-18-9-13/h2-7,9,16-17H,8,10-11H2,1H3. The second-order valence-corrected chi connectivity index (χ2v) is 4.77. The lowest BCUT2D eigenvalue weighted by atomic mass is 9.77. The zero-order chi connectivity index (χ0) is 13.0. The monoisotopic (exact) mass is 246 g/mol. The topological polar surface area (TPSA) is 53.6 Å². The molecule has 0 aliphatic carbocycles. The largest absolute Gasteiger partial charge is 0.472 e. The molecule has 1 heterocycles. The second kappa shape index (κ2) is 5.38. The first-order valence-electron chi connectivity index (χ1n) is 6.00. The van der Waals surface area contributed by atoms with Gasteiger partial charge in [-0.2, -0.15) is 0 Å². The van der Waals surface area contributed by atoms with Crippen molar-refractivity contribution in [1.29, 1.82) is 0 Å². The van der Waals surface area contributed by atoms with E-state index in [2.05, 4.69) is 0 Å². The van der Waals surface area contributed by atoms with E-state index in [0.29, 0.717) is 6.42 Å². The molecule has 96 valence electrons. The summed E-state index contributed by atoms with van der Waals surface area (Å²) < 4.78 is 5.04. The summed E-state index contributed by atoms with van der Waals surface area (Å²) in [5, 5.41) is 19.4. The summed E-state index contributed by atoms with van der Waals surface area (Å²) >= 11 is 0. The van der Waals surface area contributed by atoms with Crippen LogP contribution >= 0.6 is 0 Å². The van der Waals surface area contributed by atoms with E-state index in [-0.39, 0.29) is 13.2 Å². The van der Waals surface area contributed by atoms with Crippen LogP contribution in [0.3, 0.4) is 0 Å². The van der Waals surface area contributed by atoms with Gasteiger partial charge in [0.15, 0.2) is 0 Å². The van der Waals surface area contributed by atoms with Crippen LogP contribution in [0, 0.1) is 6.92 Å². The van der Waals surface area contributed by atoms with E-state index < -0.39 is 5.41 Å². The molecule has 2 N–H and O–H groups in total. The van der Waals surface area contributed by atoms with E-state index in [0.717, 1.165) is 16.7 Å². The zero-order valence-corrected chi connectivity index (χ0v) is 10.5. The Balaban J connectivity index is 2.33. The van der Waals surface area contributed by atoms with Crippen LogP contribution in [0.1, 0.15) is 16.7 Å². The van der Waals surface area contributed by atoms with Crippen LogP contribution in [-0.4, -0.2) is 23.4 Å². The molecule has 3 nitrogen and oxygen atoms in total. The number of aryl methyl sites for hydroxylation is 1. The SMILES string of the molecule is Cc1ccc(C(CO)(CO)Cc2ccoc2)cc1. The van der Waals surface area contributed by atoms with Crippen LogP contribution < -0.4 is 0 Å². The van der Waals surface area contributed by atoms with Crippen molar-refractivity contribution >= 4 is 0 Å². The smallest absolute Gasteiger partial charge is 0.0934 e. The first-order chi connectivity index (χ1) is 8.70. The van der Waals surface area contributed by atoms with Crippen LogP contribution in [0.25, 0.3) is 0 Å². The summed E-state index contributed by atoms with van der Waals surface area (Å²) in [6.07, 6.45) is 3.80. The van der Waals surface area contributed by atoms with Gasteiger partial charge in [0, 0.05) is 5.41 Å². The number of aliphatic hydroxyl groups is 2. The highest BCUT2D eigenvalue weighted by Crippen LogP contribution is 2.28. The van der Waals surface area contributed by atoms with Gasteiger partial charge < -0.3 is 14.6 Å². The maximum absolute atomic E-state index is 9.71. The lowest BCUT2D eigenvalue weighted by Crippen LogP contribution is -2.37. The number of hydrogen-bond donors (Lipinski definition) is 2. The van der Waals surface area contributed by atoms with Gasteiger partial charge in [-0.1, -0.05) is 29.8 Å². The Kier molecular flexibility index (Phi) is 3.84. The Morgan fingerprint density at radius 2 is 1.72 bits per heavy atom. The molecule has 0 saturated heterocycles. The van der Waals surface area contributed by atoms with Gasteiger partial charge in [0.1, 0.15) is 0 Å². The van der Waals surface area contributed by atoms with E-state index in [9.17, 15) is 10.2 Å². The zero-order valence-electron chi connectivity index (χ0n) is 10.5. The van der Waals surface area contributed by atoms with Gasteiger partial charge >= 0.3 is 0 Å². The molecule has 2 aromatic rings. The molecule has 0 aliphatic rings. The minimum Gasteiger partial charge on any atom is -0.472 e. The third-order valence-corrected chi connectivity index (χ3v) is 3.39. The van der Waals surface area contributed by atoms with Crippen molar-refractivity contribution in [2.45, 2.75) is 18.8 Å². The Hall–Kier alpha value is -1.58. The Morgan fingerprint density at radius 3 is 2.22 bits per heavy atom. The molecule has 0 amide bonds. The molecule has 3 heteroatoms. The fraction of sp³-hybridized carbons (Fsp3) is 0.333. The van der Waals surface area contributed by atoms with E-state index in [1.165, 1.54) is 0 Å². The maximum Gasteiger partial charge on any atom is 0.0934 e. The molecule has 0 unspecified atom stereocenters. The van der Waals surface area contributed by atoms with Crippen LogP contribution in [0.2, 0.25) is 0 Å². The number of hydrogen-bond acceptors (Lipinski definition) is 3. The first-order valence-corrected chi connectivity index (χ1v) is 6.00. The van der Waals surface area contributed by atoms with E-state index >= 15 is 0 Å². The number of rotatable bonds is 5. The molecule has 0 aliphatic heterocycles. The summed E-state index contributed by atoms with van der Waals surface area (Å²) in [4.78, 5) is 0. The highest BCUT2D eigenvalue weighted by Gasteiger charge is 2.31.